The second kappa shape index (κ2) is 3.45. The highest BCUT2D eigenvalue weighted by Crippen LogP contribution is 2.20. The highest BCUT2D eigenvalue weighted by atomic mass is 16.4. The molecule has 5 nitrogen and oxygen atoms in total. The first-order valence-corrected chi connectivity index (χ1v) is 3.84. The Balaban J connectivity index is 3.16. The molecule has 74 valence electrons. The van der Waals surface area contributed by atoms with E-state index in [4.69, 9.17) is 10.2 Å². The zero-order valence-electron chi connectivity index (χ0n) is 7.35. The number of ketones is 1. The van der Waals surface area contributed by atoms with Crippen molar-refractivity contribution in [1.82, 2.24) is 0 Å². The van der Waals surface area contributed by atoms with Crippen LogP contribution in [-0.2, 0) is 14.4 Å². The van der Waals surface area contributed by atoms with Crippen molar-refractivity contribution in [3.05, 3.63) is 23.3 Å². The number of hydrogen-bond donors (Lipinski definition) is 2. The molecule has 0 saturated carbocycles. The molecule has 0 aromatic heterocycles. The van der Waals surface area contributed by atoms with Crippen LogP contribution >= 0.6 is 0 Å². The Hall–Kier alpha value is -1.91. The first-order valence-electron chi connectivity index (χ1n) is 3.84. The molecule has 0 radical (unpaired) electrons. The number of carboxylic acid groups (broad SMARTS) is 2. The van der Waals surface area contributed by atoms with E-state index < -0.39 is 29.2 Å². The van der Waals surface area contributed by atoms with E-state index in [1.165, 1.54) is 19.1 Å². The average Bonchev–Trinajstić information content (AvgIpc) is 2.02. The number of allylic oxidation sites excluding steroid dienone is 2. The zero-order chi connectivity index (χ0) is 10.9. The minimum absolute atomic E-state index is 0.278. The van der Waals surface area contributed by atoms with Crippen LogP contribution in [0.15, 0.2) is 23.3 Å². The Morgan fingerprint density at radius 2 is 1.93 bits per heavy atom. The van der Waals surface area contributed by atoms with Crippen LogP contribution in [0.3, 0.4) is 0 Å². The van der Waals surface area contributed by atoms with Gasteiger partial charge in [0.05, 0.1) is 0 Å². The molecule has 1 aliphatic carbocycles. The molecule has 14 heavy (non-hydrogen) atoms. The van der Waals surface area contributed by atoms with E-state index in [0.29, 0.717) is 0 Å². The van der Waals surface area contributed by atoms with Gasteiger partial charge in [0.2, 0.25) is 0 Å². The first-order chi connectivity index (χ1) is 6.45. The molecule has 0 aliphatic heterocycles. The minimum atomic E-state index is -1.39. The normalized spacial score (nSPS) is 21.2. The maximum atomic E-state index is 11.3. The lowest BCUT2D eigenvalue weighted by molar-refractivity contribution is -0.143. The predicted octanol–water partition coefficient (Wildman–Crippen LogP) is 0.227. The molecule has 1 atom stereocenters. The number of carboxylic acids is 2. The fraction of sp³-hybridized carbons (Fsp3) is 0.222. The van der Waals surface area contributed by atoms with Crippen molar-refractivity contribution in [3.63, 3.8) is 0 Å². The van der Waals surface area contributed by atoms with Crippen LogP contribution in [0.4, 0.5) is 0 Å². The molecule has 0 heterocycles. The number of rotatable bonds is 2. The summed E-state index contributed by atoms with van der Waals surface area (Å²) >= 11 is 0. The van der Waals surface area contributed by atoms with Crippen LogP contribution in [0.2, 0.25) is 0 Å². The molecule has 0 aromatic rings. The van der Waals surface area contributed by atoms with Gasteiger partial charge >= 0.3 is 11.9 Å². The molecular formula is C9H8O5. The quantitative estimate of drug-likeness (QED) is 0.487. The van der Waals surface area contributed by atoms with Gasteiger partial charge in [-0.2, -0.15) is 0 Å². The van der Waals surface area contributed by atoms with E-state index in [1.807, 2.05) is 0 Å². The van der Waals surface area contributed by atoms with E-state index in [9.17, 15) is 14.4 Å². The largest absolute Gasteiger partial charge is 0.480 e. The van der Waals surface area contributed by atoms with Gasteiger partial charge < -0.3 is 10.2 Å². The fourth-order valence-electron chi connectivity index (χ4n) is 1.23. The summed E-state index contributed by atoms with van der Waals surface area (Å²) in [5.74, 6) is -4.96. The monoisotopic (exact) mass is 196 g/mol. The third-order valence-electron chi connectivity index (χ3n) is 1.94. The van der Waals surface area contributed by atoms with Crippen molar-refractivity contribution in [2.75, 3.05) is 0 Å². The minimum Gasteiger partial charge on any atom is -0.480 e. The molecular weight excluding hydrogens is 188 g/mol. The van der Waals surface area contributed by atoms with Gasteiger partial charge in [-0.25, -0.2) is 4.79 Å². The van der Waals surface area contributed by atoms with E-state index >= 15 is 0 Å². The van der Waals surface area contributed by atoms with Gasteiger partial charge in [-0.1, -0.05) is 12.2 Å². The highest BCUT2D eigenvalue weighted by molar-refractivity contribution is 6.24. The van der Waals surface area contributed by atoms with Crippen molar-refractivity contribution in [2.45, 2.75) is 6.92 Å². The van der Waals surface area contributed by atoms with Crippen LogP contribution in [0, 0.1) is 5.92 Å². The highest BCUT2D eigenvalue weighted by Gasteiger charge is 2.33. The van der Waals surface area contributed by atoms with Crippen LogP contribution in [0.25, 0.3) is 0 Å². The third-order valence-corrected chi connectivity index (χ3v) is 1.94. The molecule has 0 fully saturated rings. The molecule has 1 rings (SSSR count). The average molecular weight is 196 g/mol. The van der Waals surface area contributed by atoms with Crippen molar-refractivity contribution in [1.29, 1.82) is 0 Å². The molecule has 0 saturated heterocycles. The lowest BCUT2D eigenvalue weighted by Crippen LogP contribution is -2.29. The fourth-order valence-corrected chi connectivity index (χ4v) is 1.23. The molecule has 0 spiro atoms. The van der Waals surface area contributed by atoms with E-state index in [2.05, 4.69) is 0 Å². The summed E-state index contributed by atoms with van der Waals surface area (Å²) in [4.78, 5) is 32.5. The van der Waals surface area contributed by atoms with Gasteiger partial charge in [0.15, 0.2) is 5.78 Å². The van der Waals surface area contributed by atoms with Crippen LogP contribution < -0.4 is 0 Å². The Labute approximate surface area is 79.3 Å². The Bertz CT molecular complexity index is 375. The number of carbonyl (C=O) groups is 3. The first kappa shape index (κ1) is 10.2. The van der Waals surface area contributed by atoms with Gasteiger partial charge in [-0.15, -0.1) is 0 Å². The molecule has 1 unspecified atom stereocenters. The summed E-state index contributed by atoms with van der Waals surface area (Å²) in [5, 5.41) is 17.3. The van der Waals surface area contributed by atoms with Gasteiger partial charge in [0.25, 0.3) is 0 Å². The molecule has 0 amide bonds. The van der Waals surface area contributed by atoms with Crippen molar-refractivity contribution in [3.8, 4) is 0 Å². The summed E-state index contributed by atoms with van der Waals surface area (Å²) in [7, 11) is 0. The number of Topliss-reactive ketones (excluding diaryl/α,β-unsaturated/α-hetero) is 1. The predicted molar refractivity (Wildman–Crippen MR) is 45.6 cm³/mol. The topological polar surface area (TPSA) is 91.7 Å². The van der Waals surface area contributed by atoms with Gasteiger partial charge in [0, 0.05) is 0 Å². The SMILES string of the molecule is CC1=C(C(=O)O)C(=O)C(C(=O)O)C=C1. The number of aliphatic carboxylic acids is 2. The molecule has 5 heteroatoms. The summed E-state index contributed by atoms with van der Waals surface area (Å²) in [6.45, 7) is 1.45. The summed E-state index contributed by atoms with van der Waals surface area (Å²) in [6, 6.07) is 0. The van der Waals surface area contributed by atoms with E-state index in [0.717, 1.165) is 0 Å². The number of carbonyl (C=O) groups excluding carboxylic acids is 1. The summed E-state index contributed by atoms with van der Waals surface area (Å²) in [6.07, 6.45) is 2.52. The second-order valence-corrected chi connectivity index (χ2v) is 2.90. The van der Waals surface area contributed by atoms with Crippen LogP contribution in [-0.4, -0.2) is 27.9 Å². The van der Waals surface area contributed by atoms with Gasteiger partial charge in [0.1, 0.15) is 11.5 Å². The Morgan fingerprint density at radius 3 is 2.36 bits per heavy atom. The zero-order valence-corrected chi connectivity index (χ0v) is 7.35. The second-order valence-electron chi connectivity index (χ2n) is 2.90. The van der Waals surface area contributed by atoms with Crippen molar-refractivity contribution < 1.29 is 24.6 Å². The van der Waals surface area contributed by atoms with Gasteiger partial charge in [-0.3, -0.25) is 9.59 Å². The lowest BCUT2D eigenvalue weighted by Gasteiger charge is -2.13. The molecule has 0 aromatic carbocycles. The molecule has 2 N–H and O–H groups in total. The van der Waals surface area contributed by atoms with Crippen LogP contribution in [0.1, 0.15) is 6.92 Å². The summed E-state index contributed by atoms with van der Waals surface area (Å²) < 4.78 is 0. The maximum absolute atomic E-state index is 11.3. The van der Waals surface area contributed by atoms with E-state index in [1.54, 1.807) is 0 Å². The Kier molecular flexibility index (Phi) is 2.51. The summed E-state index contributed by atoms with van der Waals surface area (Å²) in [5.41, 5.74) is -0.167. The molecule has 1 aliphatic rings. The van der Waals surface area contributed by atoms with Crippen LogP contribution in [0.5, 0.6) is 0 Å². The van der Waals surface area contributed by atoms with E-state index in [-0.39, 0.29) is 5.57 Å². The Morgan fingerprint density at radius 1 is 1.36 bits per heavy atom. The molecule has 0 bridgehead atoms. The van der Waals surface area contributed by atoms with Crippen molar-refractivity contribution >= 4 is 17.7 Å². The maximum Gasteiger partial charge on any atom is 0.339 e. The standard InChI is InChI=1S/C9H8O5/c1-4-2-3-5(8(11)12)7(10)6(4)9(13)14/h2-3,5H,1H3,(H,11,12)(H,13,14). The number of hydrogen-bond acceptors (Lipinski definition) is 3. The van der Waals surface area contributed by atoms with Gasteiger partial charge in [-0.05, 0) is 12.5 Å². The third kappa shape index (κ3) is 1.56. The van der Waals surface area contributed by atoms with Crippen molar-refractivity contribution in [2.24, 2.45) is 5.92 Å². The lowest BCUT2D eigenvalue weighted by atomic mass is 9.89. The smallest absolute Gasteiger partial charge is 0.339 e.